The number of aliphatic hydroxyl groups excluding tert-OH is 1. The van der Waals surface area contributed by atoms with E-state index >= 15 is 0 Å². The Bertz CT molecular complexity index is 237. The van der Waals surface area contributed by atoms with Crippen LogP contribution in [0.15, 0.2) is 0 Å². The largest absolute Gasteiger partial charge is 0.451 e. The molecule has 2 aliphatic rings. The van der Waals surface area contributed by atoms with E-state index in [0.29, 0.717) is 0 Å². The van der Waals surface area contributed by atoms with Gasteiger partial charge in [-0.1, -0.05) is 0 Å². The van der Waals surface area contributed by atoms with E-state index in [2.05, 4.69) is 0 Å². The number of hydrogen-bond donors (Lipinski definition) is 1. The number of ether oxygens (including phenoxy) is 1. The van der Waals surface area contributed by atoms with E-state index in [-0.39, 0.29) is 16.8 Å². The zero-order valence-corrected chi connectivity index (χ0v) is 14.5. The predicted molar refractivity (Wildman–Crippen MR) is 90.4 cm³/mol. The third-order valence-corrected chi connectivity index (χ3v) is 7.19. The molecule has 2 atom stereocenters. The van der Waals surface area contributed by atoms with Crippen LogP contribution in [0.2, 0.25) is 0 Å². The first kappa shape index (κ1) is 17.9. The smallest absolute Gasteiger partial charge is 0.303 e. The zero-order chi connectivity index (χ0) is 13.9. The van der Waals surface area contributed by atoms with Gasteiger partial charge in [0, 0.05) is 18.4 Å². The van der Waals surface area contributed by atoms with E-state index in [0.717, 1.165) is 23.0 Å². The maximum absolute atomic E-state index is 10.6. The van der Waals surface area contributed by atoms with Crippen molar-refractivity contribution in [2.75, 3.05) is 34.5 Å². The molecule has 2 fully saturated rings. The van der Waals surface area contributed by atoms with E-state index in [1.54, 1.807) is 23.5 Å². The van der Waals surface area contributed by atoms with Gasteiger partial charge in [-0.2, -0.15) is 23.5 Å². The fourth-order valence-electron chi connectivity index (χ4n) is 1.47. The molecule has 0 bridgehead atoms. The Labute approximate surface area is 132 Å². The van der Waals surface area contributed by atoms with Gasteiger partial charge in [0.25, 0.3) is 0 Å². The lowest BCUT2D eigenvalue weighted by Crippen LogP contribution is -2.14. The molecule has 0 aromatic carbocycles. The highest BCUT2D eigenvalue weighted by Gasteiger charge is 2.14. The van der Waals surface area contributed by atoms with Crippen LogP contribution in [-0.4, -0.2) is 56.5 Å². The standard InChI is InChI=1S/C7H12O2S2.C5H10OS2/c1-6(8)9-7-5-10-3-2-4-11-7;6-5-4-7-2-1-3-8-5/h7H,2-5H2,1H3;5-6H,1-4H2. The molecule has 19 heavy (non-hydrogen) atoms. The van der Waals surface area contributed by atoms with Crippen molar-refractivity contribution in [2.24, 2.45) is 0 Å². The van der Waals surface area contributed by atoms with E-state index in [4.69, 9.17) is 9.84 Å². The average Bonchev–Trinajstić information content (AvgIpc) is 2.74. The van der Waals surface area contributed by atoms with Gasteiger partial charge in [-0.25, -0.2) is 0 Å². The summed E-state index contributed by atoms with van der Waals surface area (Å²) in [7, 11) is 0. The summed E-state index contributed by atoms with van der Waals surface area (Å²) in [5.41, 5.74) is 0.00231. The van der Waals surface area contributed by atoms with Crippen LogP contribution in [0, 0.1) is 0 Å². The maximum Gasteiger partial charge on any atom is 0.303 e. The van der Waals surface area contributed by atoms with Crippen LogP contribution in [0.5, 0.6) is 0 Å². The van der Waals surface area contributed by atoms with Crippen molar-refractivity contribution in [3.63, 3.8) is 0 Å². The number of esters is 1. The molecule has 0 radical (unpaired) electrons. The van der Waals surface area contributed by atoms with Crippen molar-refractivity contribution in [3.8, 4) is 0 Å². The van der Waals surface area contributed by atoms with Gasteiger partial charge in [-0.05, 0) is 35.9 Å². The summed E-state index contributed by atoms with van der Waals surface area (Å²) >= 11 is 7.14. The Morgan fingerprint density at radius 3 is 2.37 bits per heavy atom. The molecule has 112 valence electrons. The number of rotatable bonds is 1. The summed E-state index contributed by atoms with van der Waals surface area (Å²) in [6, 6.07) is 0. The lowest BCUT2D eigenvalue weighted by Gasteiger charge is -2.12. The van der Waals surface area contributed by atoms with E-state index in [1.807, 2.05) is 23.5 Å². The second-order valence-corrected chi connectivity index (χ2v) is 8.94. The van der Waals surface area contributed by atoms with Crippen LogP contribution in [0.4, 0.5) is 0 Å². The highest BCUT2D eigenvalue weighted by Crippen LogP contribution is 2.24. The van der Waals surface area contributed by atoms with Gasteiger partial charge in [0.1, 0.15) is 5.44 Å². The molecule has 0 saturated carbocycles. The minimum absolute atomic E-state index is 0.0949. The lowest BCUT2D eigenvalue weighted by molar-refractivity contribution is -0.141. The third-order valence-electron chi connectivity index (χ3n) is 2.29. The van der Waals surface area contributed by atoms with Crippen LogP contribution in [0.25, 0.3) is 0 Å². The minimum atomic E-state index is -0.162. The van der Waals surface area contributed by atoms with Gasteiger partial charge in [-0.15, -0.1) is 23.5 Å². The lowest BCUT2D eigenvalue weighted by atomic mass is 10.6. The van der Waals surface area contributed by atoms with Gasteiger partial charge in [-0.3, -0.25) is 4.79 Å². The molecule has 1 N–H and O–H groups in total. The Kier molecular flexibility index (Phi) is 10.8. The second kappa shape index (κ2) is 11.5. The van der Waals surface area contributed by atoms with Crippen molar-refractivity contribution in [1.29, 1.82) is 0 Å². The van der Waals surface area contributed by atoms with Crippen LogP contribution >= 0.6 is 47.0 Å². The molecular formula is C12H22O3S4. The number of hydrogen-bond acceptors (Lipinski definition) is 7. The van der Waals surface area contributed by atoms with Crippen molar-refractivity contribution in [1.82, 2.24) is 0 Å². The van der Waals surface area contributed by atoms with Crippen LogP contribution in [0.3, 0.4) is 0 Å². The molecule has 0 amide bonds. The molecule has 0 aromatic rings. The minimum Gasteiger partial charge on any atom is -0.451 e. The second-order valence-electron chi connectivity index (χ2n) is 4.09. The Balaban J connectivity index is 0.000000200. The maximum atomic E-state index is 10.6. The Morgan fingerprint density at radius 1 is 1.05 bits per heavy atom. The highest BCUT2D eigenvalue weighted by atomic mass is 32.2. The molecule has 2 heterocycles. The van der Waals surface area contributed by atoms with Crippen LogP contribution in [-0.2, 0) is 9.53 Å². The van der Waals surface area contributed by atoms with Gasteiger partial charge >= 0.3 is 5.97 Å². The predicted octanol–water partition coefficient (Wildman–Crippen LogP) is 2.92. The fraction of sp³-hybridized carbons (Fsp3) is 0.917. The summed E-state index contributed by atoms with van der Waals surface area (Å²) < 4.78 is 5.07. The van der Waals surface area contributed by atoms with Crippen molar-refractivity contribution in [3.05, 3.63) is 0 Å². The molecule has 2 unspecified atom stereocenters. The van der Waals surface area contributed by atoms with Crippen LogP contribution in [0.1, 0.15) is 19.8 Å². The van der Waals surface area contributed by atoms with Crippen LogP contribution < -0.4 is 0 Å². The number of carbonyl (C=O) groups is 1. The normalized spacial score (nSPS) is 28.3. The highest BCUT2D eigenvalue weighted by molar-refractivity contribution is 8.04. The summed E-state index contributed by atoms with van der Waals surface area (Å²) in [5.74, 6) is 6.38. The molecule has 7 heteroatoms. The monoisotopic (exact) mass is 342 g/mol. The van der Waals surface area contributed by atoms with E-state index < -0.39 is 0 Å². The molecule has 3 nitrogen and oxygen atoms in total. The summed E-state index contributed by atoms with van der Waals surface area (Å²) in [5, 5.41) is 9.03. The number of carbonyl (C=O) groups excluding carboxylic acids is 1. The Hall–Kier alpha value is 0.830. The fourth-order valence-corrected chi connectivity index (χ4v) is 6.03. The first-order valence-electron chi connectivity index (χ1n) is 6.42. The molecule has 2 rings (SSSR count). The Morgan fingerprint density at radius 2 is 1.68 bits per heavy atom. The quantitative estimate of drug-likeness (QED) is 0.735. The number of thioether (sulfide) groups is 4. The average molecular weight is 343 g/mol. The van der Waals surface area contributed by atoms with Gasteiger partial charge in [0.05, 0.1) is 0 Å². The summed E-state index contributed by atoms with van der Waals surface area (Å²) in [6.45, 7) is 1.47. The first-order valence-corrected chi connectivity index (χ1v) is 10.8. The van der Waals surface area contributed by atoms with Crippen molar-refractivity contribution >= 4 is 53.0 Å². The molecule has 0 spiro atoms. The van der Waals surface area contributed by atoms with Gasteiger partial charge in [0.2, 0.25) is 0 Å². The first-order chi connectivity index (χ1) is 9.18. The van der Waals surface area contributed by atoms with E-state index in [1.165, 1.54) is 31.3 Å². The third kappa shape index (κ3) is 10.2. The van der Waals surface area contributed by atoms with Crippen molar-refractivity contribution in [2.45, 2.75) is 30.6 Å². The topological polar surface area (TPSA) is 46.5 Å². The molecular weight excluding hydrogens is 320 g/mol. The SMILES string of the molecule is CC(=O)OC1CSCCCS1.OC1CSCCCS1. The molecule has 2 saturated heterocycles. The van der Waals surface area contributed by atoms with E-state index in [9.17, 15) is 4.79 Å². The zero-order valence-electron chi connectivity index (χ0n) is 11.2. The van der Waals surface area contributed by atoms with Gasteiger partial charge < -0.3 is 9.84 Å². The molecule has 0 aliphatic carbocycles. The molecule has 0 aromatic heterocycles. The van der Waals surface area contributed by atoms with Gasteiger partial charge in [0.15, 0.2) is 5.44 Å². The summed E-state index contributed by atoms with van der Waals surface area (Å²) in [6.07, 6.45) is 2.49. The summed E-state index contributed by atoms with van der Waals surface area (Å²) in [4.78, 5) is 10.6. The van der Waals surface area contributed by atoms with Crippen molar-refractivity contribution < 1.29 is 14.6 Å². The molecule has 2 aliphatic heterocycles. The number of aliphatic hydroxyl groups is 1.